The lowest BCUT2D eigenvalue weighted by Crippen LogP contribution is -2.35. The zero-order valence-electron chi connectivity index (χ0n) is 17.2. The molecule has 0 spiro atoms. The van der Waals surface area contributed by atoms with Crippen molar-refractivity contribution in [2.75, 3.05) is 19.9 Å². The Balaban J connectivity index is 1.93. The molecule has 8 atom stereocenters. The first-order valence-corrected chi connectivity index (χ1v) is 11.6. The molecule has 28 heavy (non-hydrogen) atoms. The van der Waals surface area contributed by atoms with Crippen molar-refractivity contribution < 1.29 is 37.0 Å². The zero-order valence-corrected chi connectivity index (χ0v) is 18.0. The minimum atomic E-state index is -3.63. The van der Waals surface area contributed by atoms with Crippen LogP contribution in [0.15, 0.2) is 0 Å². The number of ether oxygens (including phenoxy) is 4. The van der Waals surface area contributed by atoms with E-state index in [1.54, 1.807) is 0 Å². The van der Waals surface area contributed by atoms with Gasteiger partial charge in [0, 0.05) is 12.7 Å². The minimum absolute atomic E-state index is 0.0165. The summed E-state index contributed by atoms with van der Waals surface area (Å²) in [6.45, 7) is 8.78. The fourth-order valence-electron chi connectivity index (χ4n) is 3.14. The van der Waals surface area contributed by atoms with Crippen LogP contribution in [0.1, 0.15) is 34.1 Å². The molecule has 0 saturated carbocycles. The Bertz CT molecular complexity index is 542. The fraction of sp³-hybridized carbons (Fsp3) is 1.00. The summed E-state index contributed by atoms with van der Waals surface area (Å²) in [4.78, 5) is 0. The molecule has 2 heterocycles. The van der Waals surface area contributed by atoms with Gasteiger partial charge in [-0.25, -0.2) is 4.39 Å². The molecule has 2 saturated heterocycles. The van der Waals surface area contributed by atoms with E-state index in [0.29, 0.717) is 6.42 Å². The predicted molar refractivity (Wildman–Crippen MR) is 104 cm³/mol. The van der Waals surface area contributed by atoms with Crippen molar-refractivity contribution in [1.29, 1.82) is 0 Å². The lowest BCUT2D eigenvalue weighted by atomic mass is 9.94. The number of halogens is 1. The Morgan fingerprint density at radius 3 is 2.39 bits per heavy atom. The molecule has 11 heteroatoms. The second kappa shape index (κ2) is 10.4. The van der Waals surface area contributed by atoms with Crippen molar-refractivity contribution in [2.24, 2.45) is 0 Å². The highest BCUT2D eigenvalue weighted by atomic mass is 31.2. The van der Waals surface area contributed by atoms with Crippen LogP contribution in [-0.4, -0.2) is 90.4 Å². The number of alkyl halides is 1. The average molecular weight is 418 g/mol. The van der Waals surface area contributed by atoms with E-state index in [1.807, 2.05) is 27.7 Å². The Morgan fingerprint density at radius 2 is 1.79 bits per heavy atom. The molecule has 0 aromatic carbocycles. The van der Waals surface area contributed by atoms with Gasteiger partial charge < -0.3 is 23.5 Å². The van der Waals surface area contributed by atoms with Crippen LogP contribution in [0, 0.1) is 0 Å². The topological polar surface area (TPSA) is 72.5 Å². The Labute approximate surface area is 169 Å². The molecule has 2 aliphatic rings. The molecule has 0 N–H and O–H groups in total. The van der Waals surface area contributed by atoms with Crippen molar-refractivity contribution in [3.8, 4) is 0 Å². The summed E-state index contributed by atoms with van der Waals surface area (Å²) in [7, 11) is 7.81. The van der Waals surface area contributed by atoms with E-state index < -0.39 is 44.1 Å². The Morgan fingerprint density at radius 1 is 1.11 bits per heavy atom. The Hall–Kier alpha value is 0.0499. The molecule has 4 radical (unpaired) electrons. The molecule has 0 bridgehead atoms. The van der Waals surface area contributed by atoms with E-state index in [1.165, 1.54) is 6.66 Å². The van der Waals surface area contributed by atoms with Gasteiger partial charge in [-0.2, -0.15) is 0 Å². The summed E-state index contributed by atoms with van der Waals surface area (Å²) in [6, 6.07) is -1.66. The first-order chi connectivity index (χ1) is 13.0. The fourth-order valence-corrected chi connectivity index (χ4v) is 4.31. The van der Waals surface area contributed by atoms with E-state index in [-0.39, 0.29) is 31.5 Å². The molecular weight excluding hydrogens is 388 g/mol. The summed E-state index contributed by atoms with van der Waals surface area (Å²) in [5, 5.41) is 0. The van der Waals surface area contributed by atoms with E-state index >= 15 is 0 Å². The highest BCUT2D eigenvalue weighted by molar-refractivity contribution is 7.53. The van der Waals surface area contributed by atoms with Gasteiger partial charge in [0.05, 0.1) is 37.5 Å². The quantitative estimate of drug-likeness (QED) is 0.397. The van der Waals surface area contributed by atoms with Gasteiger partial charge in [-0.3, -0.25) is 9.09 Å². The molecule has 0 aliphatic carbocycles. The largest absolute Gasteiger partial charge is 0.380 e. The molecule has 7 nitrogen and oxygen atoms in total. The molecule has 0 aromatic heterocycles. The van der Waals surface area contributed by atoms with Gasteiger partial charge in [0.1, 0.15) is 40.2 Å². The molecule has 158 valence electrons. The van der Waals surface area contributed by atoms with Gasteiger partial charge >= 0.3 is 7.60 Å². The van der Waals surface area contributed by atoms with Crippen molar-refractivity contribution in [1.82, 2.24) is 0 Å². The maximum absolute atomic E-state index is 14.4. The summed E-state index contributed by atoms with van der Waals surface area (Å²) in [5.74, 6) is 0. The van der Waals surface area contributed by atoms with Crippen LogP contribution in [-0.2, 0) is 32.6 Å². The van der Waals surface area contributed by atoms with Crippen LogP contribution in [0.3, 0.4) is 0 Å². The van der Waals surface area contributed by atoms with Crippen molar-refractivity contribution in [3.63, 3.8) is 0 Å². The van der Waals surface area contributed by atoms with Crippen LogP contribution >= 0.6 is 7.60 Å². The maximum Gasteiger partial charge on any atom is 0.328 e. The number of hydrogen-bond acceptors (Lipinski definition) is 7. The maximum atomic E-state index is 14.4. The van der Waals surface area contributed by atoms with E-state index in [9.17, 15) is 8.96 Å². The summed E-state index contributed by atoms with van der Waals surface area (Å²) < 4.78 is 60.3. The first kappa shape index (κ1) is 24.3. The van der Waals surface area contributed by atoms with Crippen molar-refractivity contribution >= 4 is 23.3 Å². The van der Waals surface area contributed by atoms with Gasteiger partial charge in [0.2, 0.25) is 0 Å². The lowest BCUT2D eigenvalue weighted by molar-refractivity contribution is -0.0609. The molecule has 2 fully saturated rings. The highest BCUT2D eigenvalue weighted by Crippen LogP contribution is 2.48. The zero-order chi connectivity index (χ0) is 21.1. The molecule has 2 aliphatic heterocycles. The summed E-state index contributed by atoms with van der Waals surface area (Å²) >= 11 is 0. The lowest BCUT2D eigenvalue weighted by Gasteiger charge is -2.26. The molecule has 2 rings (SSSR count). The normalized spacial score (nSPS) is 38.4. The van der Waals surface area contributed by atoms with Crippen LogP contribution < -0.4 is 0 Å². The van der Waals surface area contributed by atoms with Crippen molar-refractivity contribution in [3.05, 3.63) is 0 Å². The van der Waals surface area contributed by atoms with Gasteiger partial charge in [-0.1, -0.05) is 0 Å². The van der Waals surface area contributed by atoms with Gasteiger partial charge in [-0.05, 0) is 34.1 Å². The van der Waals surface area contributed by atoms with Crippen LogP contribution in [0.2, 0.25) is 0 Å². The standard InChI is InChI=1S/C17H30B2FO7P/c1-9(2)22-7-13-16(15(20)17(19)26-13)27-28(5,21)23-8-12-11(24-10(3)4)6-14(18)25-12/h9-17H,6-8H2,1-5H3/t11-,12-,13-,14-,15?,16+,17-,28?/m1/s1. The SMILES string of the molecule is [B][C@@H]1O[C@H](COC(C)C)[C@H](OP(C)(=O)OC[C@H]2O[C@@H]([B])C[C@H]2OC(C)C)C1F. The second-order valence-electron chi connectivity index (χ2n) is 7.77. The summed E-state index contributed by atoms with van der Waals surface area (Å²) in [5.41, 5.74) is 0. The van der Waals surface area contributed by atoms with E-state index in [0.717, 1.165) is 0 Å². The van der Waals surface area contributed by atoms with Crippen LogP contribution in [0.25, 0.3) is 0 Å². The van der Waals surface area contributed by atoms with E-state index in [2.05, 4.69) is 0 Å². The highest BCUT2D eigenvalue weighted by Gasteiger charge is 2.46. The van der Waals surface area contributed by atoms with Crippen molar-refractivity contribution in [2.45, 2.75) is 88.9 Å². The van der Waals surface area contributed by atoms with Crippen LogP contribution in [0.5, 0.6) is 0 Å². The first-order valence-electron chi connectivity index (χ1n) is 9.62. The number of hydrogen-bond donors (Lipinski definition) is 0. The molecule has 0 amide bonds. The molecular formula is C17H30B2FO7P. The van der Waals surface area contributed by atoms with Gasteiger partial charge in [0.15, 0.2) is 0 Å². The second-order valence-corrected chi connectivity index (χ2v) is 9.79. The van der Waals surface area contributed by atoms with Crippen LogP contribution in [0.4, 0.5) is 4.39 Å². The minimum Gasteiger partial charge on any atom is -0.380 e. The third kappa shape index (κ3) is 7.08. The molecule has 2 unspecified atom stereocenters. The van der Waals surface area contributed by atoms with E-state index in [4.69, 9.17) is 43.7 Å². The smallest absolute Gasteiger partial charge is 0.328 e. The Kier molecular flexibility index (Phi) is 9.02. The summed E-state index contributed by atoms with van der Waals surface area (Å²) in [6.07, 6.45) is -3.94. The van der Waals surface area contributed by atoms with Gasteiger partial charge in [-0.15, -0.1) is 0 Å². The third-order valence-corrected chi connectivity index (χ3v) is 5.63. The van der Waals surface area contributed by atoms with Gasteiger partial charge in [0.25, 0.3) is 0 Å². The average Bonchev–Trinajstić information content (AvgIpc) is 3.04. The monoisotopic (exact) mass is 418 g/mol. The number of rotatable bonds is 10. The molecule has 0 aromatic rings. The predicted octanol–water partition coefficient (Wildman–Crippen LogP) is 1.94. The third-order valence-electron chi connectivity index (χ3n) is 4.38.